The van der Waals surface area contributed by atoms with Crippen LogP contribution < -0.4 is 9.47 Å². The van der Waals surface area contributed by atoms with Crippen LogP contribution in [0.4, 0.5) is 0 Å². The summed E-state index contributed by atoms with van der Waals surface area (Å²) in [5, 5.41) is 0. The zero-order chi connectivity index (χ0) is 20.9. The zero-order valence-electron chi connectivity index (χ0n) is 18.1. The van der Waals surface area contributed by atoms with Crippen LogP contribution in [0.1, 0.15) is 31.2 Å². The van der Waals surface area contributed by atoms with Crippen LogP contribution in [-0.4, -0.2) is 47.9 Å². The number of aromatic nitrogens is 2. The maximum absolute atomic E-state index is 5.94. The number of methoxy groups -OCH3 is 2. The molecule has 1 fully saturated rings. The Morgan fingerprint density at radius 1 is 1.10 bits per heavy atom. The monoisotopic (exact) mass is 409 g/mol. The van der Waals surface area contributed by atoms with Crippen molar-refractivity contribution in [3.63, 3.8) is 0 Å². The summed E-state index contributed by atoms with van der Waals surface area (Å²) in [6, 6.07) is 14.5. The lowest BCUT2D eigenvalue weighted by Gasteiger charge is -2.25. The molecule has 1 atom stereocenters. The van der Waals surface area contributed by atoms with Gasteiger partial charge in [0.05, 0.1) is 37.9 Å². The second kappa shape index (κ2) is 9.49. The molecule has 0 radical (unpaired) electrons. The fraction of sp³-hybridized carbons (Fsp3) is 0.458. The van der Waals surface area contributed by atoms with Crippen LogP contribution in [0.3, 0.4) is 0 Å². The molecule has 160 valence electrons. The van der Waals surface area contributed by atoms with E-state index in [1.54, 1.807) is 14.2 Å². The lowest BCUT2D eigenvalue weighted by Crippen LogP contribution is -2.32. The summed E-state index contributed by atoms with van der Waals surface area (Å²) in [6.45, 7) is 6.41. The average Bonchev–Trinajstić information content (AvgIpc) is 3.40. The fourth-order valence-corrected chi connectivity index (χ4v) is 4.30. The van der Waals surface area contributed by atoms with Gasteiger partial charge < -0.3 is 18.8 Å². The topological polar surface area (TPSA) is 48.8 Å². The number of fused-ring (bicyclic) bond motifs is 1. The molecule has 2 heterocycles. The Morgan fingerprint density at radius 3 is 2.67 bits per heavy atom. The number of para-hydroxylation sites is 2. The summed E-state index contributed by atoms with van der Waals surface area (Å²) in [5.41, 5.74) is 3.43. The first kappa shape index (κ1) is 20.7. The highest BCUT2D eigenvalue weighted by Crippen LogP contribution is 2.29. The van der Waals surface area contributed by atoms with Gasteiger partial charge in [-0.15, -0.1) is 0 Å². The van der Waals surface area contributed by atoms with Crippen molar-refractivity contribution in [1.29, 1.82) is 0 Å². The Morgan fingerprint density at radius 2 is 1.93 bits per heavy atom. The molecule has 1 unspecified atom stereocenters. The molecule has 3 aromatic rings. The molecule has 6 heteroatoms. The molecular formula is C24H31N3O3. The molecule has 0 aliphatic carbocycles. The Bertz CT molecular complexity index is 979. The first-order valence-corrected chi connectivity index (χ1v) is 10.7. The maximum Gasteiger partial charge on any atom is 0.161 e. The van der Waals surface area contributed by atoms with Crippen molar-refractivity contribution < 1.29 is 14.2 Å². The third-order valence-corrected chi connectivity index (χ3v) is 5.75. The van der Waals surface area contributed by atoms with E-state index < -0.39 is 0 Å². The standard InChI is InChI=1S/C24H31N3O3/c1-4-27-21-10-6-5-9-20(21)25-24(27)17-26(16-19-8-7-13-30-19)15-18-11-12-22(28-2)23(14-18)29-3/h5-6,9-12,14,19H,4,7-8,13,15-17H2,1-3H3. The summed E-state index contributed by atoms with van der Waals surface area (Å²) >= 11 is 0. The molecule has 0 N–H and O–H groups in total. The molecule has 1 aromatic heterocycles. The van der Waals surface area contributed by atoms with Crippen molar-refractivity contribution in [3.05, 3.63) is 53.9 Å². The van der Waals surface area contributed by atoms with Gasteiger partial charge in [0.1, 0.15) is 5.82 Å². The molecule has 1 aliphatic heterocycles. The second-order valence-corrected chi connectivity index (χ2v) is 7.75. The minimum absolute atomic E-state index is 0.282. The summed E-state index contributed by atoms with van der Waals surface area (Å²) in [5.74, 6) is 2.60. The molecule has 0 spiro atoms. The van der Waals surface area contributed by atoms with E-state index in [4.69, 9.17) is 19.2 Å². The highest BCUT2D eigenvalue weighted by Gasteiger charge is 2.22. The van der Waals surface area contributed by atoms with Crippen molar-refractivity contribution in [2.24, 2.45) is 0 Å². The van der Waals surface area contributed by atoms with Gasteiger partial charge in [-0.1, -0.05) is 18.2 Å². The molecule has 0 amide bonds. The average molecular weight is 410 g/mol. The molecule has 30 heavy (non-hydrogen) atoms. The largest absolute Gasteiger partial charge is 0.493 e. The Kier molecular flexibility index (Phi) is 6.55. The van der Waals surface area contributed by atoms with Crippen LogP contribution in [0, 0.1) is 0 Å². The summed E-state index contributed by atoms with van der Waals surface area (Å²) < 4.78 is 19.1. The van der Waals surface area contributed by atoms with Gasteiger partial charge in [0.15, 0.2) is 11.5 Å². The normalized spacial score (nSPS) is 16.5. The third-order valence-electron chi connectivity index (χ3n) is 5.75. The Labute approximate surface area is 178 Å². The van der Waals surface area contributed by atoms with Gasteiger partial charge in [0, 0.05) is 26.2 Å². The smallest absolute Gasteiger partial charge is 0.161 e. The molecule has 0 saturated carbocycles. The van der Waals surface area contributed by atoms with Crippen molar-refractivity contribution in [2.45, 2.75) is 45.5 Å². The third kappa shape index (κ3) is 4.45. The molecule has 1 aliphatic rings. The van der Waals surface area contributed by atoms with Crippen LogP contribution >= 0.6 is 0 Å². The van der Waals surface area contributed by atoms with E-state index in [9.17, 15) is 0 Å². The van der Waals surface area contributed by atoms with Crippen molar-refractivity contribution in [1.82, 2.24) is 14.5 Å². The van der Waals surface area contributed by atoms with Gasteiger partial charge in [0.25, 0.3) is 0 Å². The van der Waals surface area contributed by atoms with Gasteiger partial charge in [-0.2, -0.15) is 0 Å². The minimum atomic E-state index is 0.282. The molecule has 6 nitrogen and oxygen atoms in total. The van der Waals surface area contributed by atoms with Crippen LogP contribution in [-0.2, 0) is 24.4 Å². The maximum atomic E-state index is 5.94. The number of aryl methyl sites for hydroxylation is 1. The number of rotatable bonds is 9. The number of ether oxygens (including phenoxy) is 3. The predicted molar refractivity (Wildman–Crippen MR) is 118 cm³/mol. The van der Waals surface area contributed by atoms with Gasteiger partial charge in [-0.25, -0.2) is 4.98 Å². The van der Waals surface area contributed by atoms with Gasteiger partial charge in [0.2, 0.25) is 0 Å². The van der Waals surface area contributed by atoms with Gasteiger partial charge in [-0.3, -0.25) is 4.90 Å². The van der Waals surface area contributed by atoms with Crippen LogP contribution in [0.25, 0.3) is 11.0 Å². The molecule has 1 saturated heterocycles. The van der Waals surface area contributed by atoms with Crippen molar-refractivity contribution >= 4 is 11.0 Å². The SMILES string of the molecule is CCn1c(CN(Cc2ccc(OC)c(OC)c2)CC2CCCO2)nc2ccccc21. The quantitative estimate of drug-likeness (QED) is 0.529. The second-order valence-electron chi connectivity index (χ2n) is 7.75. The highest BCUT2D eigenvalue weighted by atomic mass is 16.5. The van der Waals surface area contributed by atoms with Gasteiger partial charge in [-0.05, 0) is 49.6 Å². The first-order valence-electron chi connectivity index (χ1n) is 10.7. The van der Waals surface area contributed by atoms with Gasteiger partial charge >= 0.3 is 0 Å². The molecule has 0 bridgehead atoms. The van der Waals surface area contributed by atoms with E-state index >= 15 is 0 Å². The Balaban J connectivity index is 1.60. The minimum Gasteiger partial charge on any atom is -0.493 e. The number of hydrogen-bond acceptors (Lipinski definition) is 5. The number of nitrogens with zero attached hydrogens (tertiary/aromatic N) is 3. The summed E-state index contributed by atoms with van der Waals surface area (Å²) in [4.78, 5) is 7.37. The highest BCUT2D eigenvalue weighted by molar-refractivity contribution is 5.75. The van der Waals surface area contributed by atoms with E-state index in [-0.39, 0.29) is 6.10 Å². The predicted octanol–water partition coefficient (Wildman–Crippen LogP) is 4.25. The van der Waals surface area contributed by atoms with E-state index in [2.05, 4.69) is 46.7 Å². The molecule has 2 aromatic carbocycles. The van der Waals surface area contributed by atoms with E-state index in [0.717, 1.165) is 68.5 Å². The van der Waals surface area contributed by atoms with Crippen molar-refractivity contribution in [3.8, 4) is 11.5 Å². The number of hydrogen-bond donors (Lipinski definition) is 0. The van der Waals surface area contributed by atoms with E-state index in [0.29, 0.717) is 0 Å². The fourth-order valence-electron chi connectivity index (χ4n) is 4.30. The number of imidazole rings is 1. The zero-order valence-corrected chi connectivity index (χ0v) is 18.1. The van der Waals surface area contributed by atoms with Crippen LogP contribution in [0.15, 0.2) is 42.5 Å². The molecular weight excluding hydrogens is 378 g/mol. The van der Waals surface area contributed by atoms with Crippen LogP contribution in [0.2, 0.25) is 0 Å². The first-order chi connectivity index (χ1) is 14.7. The van der Waals surface area contributed by atoms with E-state index in [1.807, 2.05) is 12.1 Å². The van der Waals surface area contributed by atoms with E-state index in [1.165, 1.54) is 11.1 Å². The summed E-state index contributed by atoms with van der Waals surface area (Å²) in [7, 11) is 3.34. The van der Waals surface area contributed by atoms with Crippen LogP contribution in [0.5, 0.6) is 11.5 Å². The molecule has 4 rings (SSSR count). The Hall–Kier alpha value is -2.57. The summed E-state index contributed by atoms with van der Waals surface area (Å²) in [6.07, 6.45) is 2.54. The lowest BCUT2D eigenvalue weighted by molar-refractivity contribution is 0.0666. The number of benzene rings is 2. The lowest BCUT2D eigenvalue weighted by atomic mass is 10.1. The van der Waals surface area contributed by atoms with Crippen molar-refractivity contribution in [2.75, 3.05) is 27.4 Å².